The Morgan fingerprint density at radius 2 is 2.11 bits per heavy atom. The van der Waals surface area contributed by atoms with E-state index in [0.29, 0.717) is 10.0 Å². The van der Waals surface area contributed by atoms with Crippen molar-refractivity contribution in [2.75, 3.05) is 6.61 Å². The van der Waals surface area contributed by atoms with E-state index in [2.05, 4.69) is 15.9 Å². The average molecular weight is 334 g/mol. The van der Waals surface area contributed by atoms with Crippen molar-refractivity contribution >= 4 is 21.6 Å². The number of nitro benzene ring substituents is 1. The fourth-order valence-corrected chi connectivity index (χ4v) is 1.92. The van der Waals surface area contributed by atoms with Gasteiger partial charge in [-0.1, -0.05) is 15.9 Å². The summed E-state index contributed by atoms with van der Waals surface area (Å²) in [5.41, 5.74) is -1.09. The first kappa shape index (κ1) is 15.9. The molecule has 0 spiro atoms. The van der Waals surface area contributed by atoms with Gasteiger partial charge in [-0.15, -0.1) is 0 Å². The second kappa shape index (κ2) is 5.85. The first-order valence-corrected chi connectivity index (χ1v) is 6.42. The summed E-state index contributed by atoms with van der Waals surface area (Å²) in [6.07, 6.45) is -0.923. The normalized spacial score (nSPS) is 13.2. The van der Waals surface area contributed by atoms with Crippen molar-refractivity contribution in [1.29, 1.82) is 0 Å². The third-order valence-corrected chi connectivity index (χ3v) is 2.74. The average Bonchev–Trinajstić information content (AvgIpc) is 2.24. The molecule has 1 atom stereocenters. The van der Waals surface area contributed by atoms with E-state index in [1.807, 2.05) is 0 Å². The number of nitrogens with zero attached hydrogens (tertiary/aromatic N) is 1. The van der Waals surface area contributed by atoms with E-state index >= 15 is 0 Å². The van der Waals surface area contributed by atoms with Crippen LogP contribution in [0, 0.1) is 10.1 Å². The van der Waals surface area contributed by atoms with Gasteiger partial charge in [0.25, 0.3) is 0 Å². The largest absolute Gasteiger partial charge is 0.484 e. The third-order valence-electron chi connectivity index (χ3n) is 2.28. The van der Waals surface area contributed by atoms with Crippen LogP contribution in [0.5, 0.6) is 5.75 Å². The molecule has 7 heteroatoms. The number of nitro groups is 1. The third kappa shape index (κ3) is 4.45. The van der Waals surface area contributed by atoms with Crippen molar-refractivity contribution in [2.45, 2.75) is 32.5 Å². The molecule has 0 radical (unpaired) electrons. The Kier molecular flexibility index (Phi) is 4.89. The maximum Gasteiger partial charge on any atom is 0.312 e. The summed E-state index contributed by atoms with van der Waals surface area (Å²) in [5.74, 6) is -0.0228. The van der Waals surface area contributed by atoms with Gasteiger partial charge < -0.3 is 14.9 Å². The van der Waals surface area contributed by atoms with Crippen LogP contribution >= 0.6 is 15.9 Å². The SMILES string of the molecule is C[C@@H](O)c1cc(Br)cc([N+](=O)[O-])c1OCC(C)(C)O. The molecule has 19 heavy (non-hydrogen) atoms. The quantitative estimate of drug-likeness (QED) is 0.638. The number of hydrogen-bond donors (Lipinski definition) is 2. The summed E-state index contributed by atoms with van der Waals surface area (Å²) in [6, 6.07) is 2.85. The van der Waals surface area contributed by atoms with Crippen LogP contribution in [-0.2, 0) is 0 Å². The lowest BCUT2D eigenvalue weighted by Crippen LogP contribution is -2.28. The number of ether oxygens (including phenoxy) is 1. The van der Waals surface area contributed by atoms with Crippen LogP contribution in [0.1, 0.15) is 32.4 Å². The number of aliphatic hydroxyl groups excluding tert-OH is 1. The maximum atomic E-state index is 11.0. The zero-order valence-electron chi connectivity index (χ0n) is 10.9. The second-order valence-corrected chi connectivity index (χ2v) is 5.79. The number of hydrogen-bond acceptors (Lipinski definition) is 5. The smallest absolute Gasteiger partial charge is 0.312 e. The molecular formula is C12H16BrNO5. The Balaban J connectivity index is 3.27. The molecule has 0 unspecified atom stereocenters. The molecule has 0 amide bonds. The van der Waals surface area contributed by atoms with Crippen LogP contribution in [0.4, 0.5) is 5.69 Å². The molecule has 0 aliphatic heterocycles. The van der Waals surface area contributed by atoms with Crippen molar-refractivity contribution in [3.8, 4) is 5.75 Å². The van der Waals surface area contributed by atoms with E-state index in [4.69, 9.17) is 4.74 Å². The molecule has 0 aromatic heterocycles. The van der Waals surface area contributed by atoms with E-state index in [1.165, 1.54) is 26.8 Å². The summed E-state index contributed by atoms with van der Waals surface area (Å²) >= 11 is 3.15. The van der Waals surface area contributed by atoms with E-state index in [9.17, 15) is 20.3 Å². The van der Waals surface area contributed by atoms with Gasteiger partial charge in [0.1, 0.15) is 6.61 Å². The number of rotatable bonds is 5. The zero-order chi connectivity index (χ0) is 14.8. The minimum absolute atomic E-state index is 0.0228. The zero-order valence-corrected chi connectivity index (χ0v) is 12.5. The molecule has 106 valence electrons. The van der Waals surface area contributed by atoms with Crippen molar-refractivity contribution in [1.82, 2.24) is 0 Å². The Morgan fingerprint density at radius 1 is 1.53 bits per heavy atom. The molecule has 1 rings (SSSR count). The molecule has 0 saturated carbocycles. The standard InChI is InChI=1S/C12H16BrNO5/c1-7(15)9-4-8(13)5-10(14(17)18)11(9)19-6-12(2,3)16/h4-5,7,15-16H,6H2,1-3H3/t7-/m1/s1. The first-order chi connectivity index (χ1) is 8.61. The van der Waals surface area contributed by atoms with E-state index in [1.54, 1.807) is 6.07 Å². The van der Waals surface area contributed by atoms with Gasteiger partial charge in [0.05, 0.1) is 16.6 Å². The number of aliphatic hydroxyl groups is 2. The summed E-state index contributed by atoms with van der Waals surface area (Å²) in [5, 5.41) is 30.3. The lowest BCUT2D eigenvalue weighted by Gasteiger charge is -2.20. The van der Waals surface area contributed by atoms with Crippen LogP contribution in [0.3, 0.4) is 0 Å². The lowest BCUT2D eigenvalue weighted by atomic mass is 10.1. The molecular weight excluding hydrogens is 318 g/mol. The molecule has 0 aliphatic carbocycles. The highest BCUT2D eigenvalue weighted by molar-refractivity contribution is 9.10. The van der Waals surface area contributed by atoms with E-state index in [-0.39, 0.29) is 18.0 Å². The summed E-state index contributed by atoms with van der Waals surface area (Å²) in [7, 11) is 0. The minimum atomic E-state index is -1.13. The predicted octanol–water partition coefficient (Wildman–Crippen LogP) is 2.56. The summed E-state index contributed by atoms with van der Waals surface area (Å²) < 4.78 is 5.82. The van der Waals surface area contributed by atoms with E-state index < -0.39 is 16.6 Å². The van der Waals surface area contributed by atoms with Gasteiger partial charge in [-0.25, -0.2) is 0 Å². The Morgan fingerprint density at radius 3 is 2.53 bits per heavy atom. The van der Waals surface area contributed by atoms with Crippen LogP contribution < -0.4 is 4.74 Å². The van der Waals surface area contributed by atoms with Gasteiger partial charge in [0.2, 0.25) is 5.75 Å². The van der Waals surface area contributed by atoms with Crippen LogP contribution in [0.2, 0.25) is 0 Å². The minimum Gasteiger partial charge on any atom is -0.484 e. The van der Waals surface area contributed by atoms with Crippen molar-refractivity contribution < 1.29 is 19.9 Å². The van der Waals surface area contributed by atoms with Gasteiger partial charge in [0, 0.05) is 16.1 Å². The Labute approximate surface area is 119 Å². The highest BCUT2D eigenvalue weighted by Gasteiger charge is 2.25. The lowest BCUT2D eigenvalue weighted by molar-refractivity contribution is -0.386. The van der Waals surface area contributed by atoms with Gasteiger partial charge in [-0.05, 0) is 26.8 Å². The van der Waals surface area contributed by atoms with Crippen LogP contribution in [-0.4, -0.2) is 27.3 Å². The summed E-state index contributed by atoms with van der Waals surface area (Å²) in [6.45, 7) is 4.43. The monoisotopic (exact) mass is 333 g/mol. The van der Waals surface area contributed by atoms with Crippen molar-refractivity contribution in [3.63, 3.8) is 0 Å². The molecule has 0 heterocycles. The highest BCUT2D eigenvalue weighted by Crippen LogP contribution is 2.38. The van der Waals surface area contributed by atoms with Gasteiger partial charge >= 0.3 is 5.69 Å². The fourth-order valence-electron chi connectivity index (χ4n) is 1.45. The van der Waals surface area contributed by atoms with Crippen molar-refractivity contribution in [3.05, 3.63) is 32.3 Å². The molecule has 2 N–H and O–H groups in total. The predicted molar refractivity (Wildman–Crippen MR) is 73.2 cm³/mol. The van der Waals surface area contributed by atoms with Gasteiger partial charge in [0.15, 0.2) is 0 Å². The Hall–Kier alpha value is -1.18. The molecule has 0 fully saturated rings. The molecule has 6 nitrogen and oxygen atoms in total. The van der Waals surface area contributed by atoms with Crippen molar-refractivity contribution in [2.24, 2.45) is 0 Å². The highest BCUT2D eigenvalue weighted by atomic mass is 79.9. The first-order valence-electron chi connectivity index (χ1n) is 5.63. The summed E-state index contributed by atoms with van der Waals surface area (Å²) in [4.78, 5) is 10.4. The number of halogens is 1. The topological polar surface area (TPSA) is 92.8 Å². The second-order valence-electron chi connectivity index (χ2n) is 4.88. The maximum absolute atomic E-state index is 11.0. The fraction of sp³-hybridized carbons (Fsp3) is 0.500. The molecule has 0 saturated heterocycles. The molecule has 0 bridgehead atoms. The van der Waals surface area contributed by atoms with E-state index in [0.717, 1.165) is 0 Å². The number of benzene rings is 1. The Bertz CT molecular complexity index is 482. The molecule has 0 aliphatic rings. The molecule has 1 aromatic rings. The van der Waals surface area contributed by atoms with Crippen LogP contribution in [0.15, 0.2) is 16.6 Å². The molecule has 1 aromatic carbocycles. The van der Waals surface area contributed by atoms with Crippen LogP contribution in [0.25, 0.3) is 0 Å². The van der Waals surface area contributed by atoms with Gasteiger partial charge in [-0.3, -0.25) is 10.1 Å². The van der Waals surface area contributed by atoms with Gasteiger partial charge in [-0.2, -0.15) is 0 Å².